The number of rotatable bonds is 10. The Kier molecular flexibility index (Phi) is 7.28. The van der Waals surface area contributed by atoms with Crippen LogP contribution in [-0.2, 0) is 11.2 Å². The van der Waals surface area contributed by atoms with Crippen molar-refractivity contribution in [3.63, 3.8) is 0 Å². The van der Waals surface area contributed by atoms with Gasteiger partial charge in [0, 0.05) is 23.6 Å². The van der Waals surface area contributed by atoms with Crippen molar-refractivity contribution in [2.24, 2.45) is 0 Å². The fourth-order valence-electron chi connectivity index (χ4n) is 5.26. The van der Waals surface area contributed by atoms with Gasteiger partial charge in [0.1, 0.15) is 17.8 Å². The molecule has 1 aliphatic heterocycles. The van der Waals surface area contributed by atoms with Crippen molar-refractivity contribution >= 4 is 17.1 Å². The summed E-state index contributed by atoms with van der Waals surface area (Å²) in [5.74, 6) is 0.858. The third kappa shape index (κ3) is 5.11. The molecule has 7 nitrogen and oxygen atoms in total. The summed E-state index contributed by atoms with van der Waals surface area (Å²) in [7, 11) is 1.66. The number of ether oxygens (including phenoxy) is 1. The van der Waals surface area contributed by atoms with Gasteiger partial charge < -0.3 is 19.2 Å². The average molecular weight is 486 g/mol. The van der Waals surface area contributed by atoms with Crippen LogP contribution in [0.25, 0.3) is 33.6 Å². The van der Waals surface area contributed by atoms with Crippen LogP contribution in [0.4, 0.5) is 0 Å². The molecule has 1 saturated heterocycles. The van der Waals surface area contributed by atoms with Gasteiger partial charge in [0.05, 0.1) is 18.2 Å². The van der Waals surface area contributed by atoms with Crippen molar-refractivity contribution in [1.82, 2.24) is 14.9 Å². The summed E-state index contributed by atoms with van der Waals surface area (Å²) in [6, 6.07) is 18.6. The summed E-state index contributed by atoms with van der Waals surface area (Å²) in [6.45, 7) is 1.86. The Morgan fingerprint density at radius 3 is 2.67 bits per heavy atom. The maximum Gasteiger partial charge on any atom is 0.303 e. The van der Waals surface area contributed by atoms with Crippen LogP contribution in [0.3, 0.4) is 0 Å². The van der Waals surface area contributed by atoms with E-state index in [2.05, 4.69) is 9.88 Å². The molecule has 3 heterocycles. The Bertz CT molecular complexity index is 1320. The van der Waals surface area contributed by atoms with E-state index in [1.54, 1.807) is 13.4 Å². The van der Waals surface area contributed by atoms with Gasteiger partial charge in [0.15, 0.2) is 0 Å². The average Bonchev–Trinajstić information content (AvgIpc) is 3.52. The van der Waals surface area contributed by atoms with E-state index in [4.69, 9.17) is 19.2 Å². The summed E-state index contributed by atoms with van der Waals surface area (Å²) >= 11 is 0. The maximum atomic E-state index is 10.9. The molecular weight excluding hydrogens is 454 g/mol. The molecular formula is C29H31N3O4. The highest BCUT2D eigenvalue weighted by atomic mass is 16.5. The van der Waals surface area contributed by atoms with E-state index in [0.29, 0.717) is 18.2 Å². The zero-order valence-corrected chi connectivity index (χ0v) is 20.5. The summed E-state index contributed by atoms with van der Waals surface area (Å²) in [6.07, 6.45) is 6.55. The largest absolute Gasteiger partial charge is 0.497 e. The van der Waals surface area contributed by atoms with Crippen LogP contribution in [0.5, 0.6) is 5.75 Å². The lowest BCUT2D eigenvalue weighted by molar-refractivity contribution is -0.137. The lowest BCUT2D eigenvalue weighted by Gasteiger charge is -2.24. The topological polar surface area (TPSA) is 88.7 Å². The predicted molar refractivity (Wildman–Crippen MR) is 139 cm³/mol. The Morgan fingerprint density at radius 1 is 1.11 bits per heavy atom. The van der Waals surface area contributed by atoms with Crippen molar-refractivity contribution in [2.45, 2.75) is 44.6 Å². The van der Waals surface area contributed by atoms with Crippen molar-refractivity contribution in [3.8, 4) is 28.2 Å². The Morgan fingerprint density at radius 2 is 1.92 bits per heavy atom. The van der Waals surface area contributed by atoms with Crippen LogP contribution >= 0.6 is 0 Å². The van der Waals surface area contributed by atoms with Crippen LogP contribution in [0, 0.1) is 0 Å². The monoisotopic (exact) mass is 485 g/mol. The van der Waals surface area contributed by atoms with Crippen molar-refractivity contribution < 1.29 is 19.1 Å². The van der Waals surface area contributed by atoms with Crippen LogP contribution < -0.4 is 4.74 Å². The minimum absolute atomic E-state index is 0.220. The lowest BCUT2D eigenvalue weighted by atomic mass is 9.96. The molecule has 0 aliphatic carbocycles. The second-order valence-corrected chi connectivity index (χ2v) is 9.27. The lowest BCUT2D eigenvalue weighted by Crippen LogP contribution is -2.31. The summed E-state index contributed by atoms with van der Waals surface area (Å²) in [5.41, 5.74) is 4.59. The number of aliphatic carboxylic acids is 1. The van der Waals surface area contributed by atoms with E-state index in [0.717, 1.165) is 78.1 Å². The first kappa shape index (κ1) is 24.0. The molecule has 1 fully saturated rings. The molecule has 0 amide bonds. The molecule has 36 heavy (non-hydrogen) atoms. The van der Waals surface area contributed by atoms with E-state index >= 15 is 0 Å². The van der Waals surface area contributed by atoms with E-state index < -0.39 is 5.97 Å². The van der Waals surface area contributed by atoms with Gasteiger partial charge in [-0.15, -0.1) is 0 Å². The highest BCUT2D eigenvalue weighted by Gasteiger charge is 2.26. The fourth-order valence-corrected chi connectivity index (χ4v) is 5.26. The molecule has 0 unspecified atom stereocenters. The van der Waals surface area contributed by atoms with E-state index in [-0.39, 0.29) is 6.42 Å². The molecule has 1 atom stereocenters. The number of likely N-dealkylation sites (tertiary alicyclic amines) is 1. The Hall–Kier alpha value is -3.71. The van der Waals surface area contributed by atoms with E-state index in [1.165, 1.54) is 0 Å². The Labute approximate surface area is 210 Å². The molecule has 2 aromatic heterocycles. The molecule has 0 spiro atoms. The molecule has 4 aromatic rings. The number of fused-ring (bicyclic) bond motifs is 1. The number of carbonyl (C=O) groups is 1. The zero-order chi connectivity index (χ0) is 24.9. The zero-order valence-electron chi connectivity index (χ0n) is 20.5. The van der Waals surface area contributed by atoms with Crippen LogP contribution in [0.2, 0.25) is 0 Å². The van der Waals surface area contributed by atoms with Gasteiger partial charge in [-0.25, -0.2) is 9.97 Å². The number of hydrogen-bond donors (Lipinski definition) is 1. The Balaban J connectivity index is 1.48. The quantitative estimate of drug-likeness (QED) is 0.302. The molecule has 186 valence electrons. The van der Waals surface area contributed by atoms with E-state index in [9.17, 15) is 4.79 Å². The van der Waals surface area contributed by atoms with Gasteiger partial charge in [0.2, 0.25) is 5.71 Å². The first-order chi connectivity index (χ1) is 17.6. The molecule has 7 heteroatoms. The van der Waals surface area contributed by atoms with Gasteiger partial charge in [-0.2, -0.15) is 0 Å². The minimum Gasteiger partial charge on any atom is -0.497 e. The third-order valence-corrected chi connectivity index (χ3v) is 7.03. The molecule has 2 aromatic carbocycles. The van der Waals surface area contributed by atoms with Gasteiger partial charge in [-0.3, -0.25) is 4.79 Å². The van der Waals surface area contributed by atoms with Gasteiger partial charge in [0.25, 0.3) is 0 Å². The molecule has 1 N–H and O–H groups in total. The second kappa shape index (κ2) is 10.9. The van der Waals surface area contributed by atoms with Crippen LogP contribution in [0.1, 0.15) is 37.8 Å². The van der Waals surface area contributed by atoms with Crippen molar-refractivity contribution in [1.29, 1.82) is 0 Å². The SMILES string of the molecule is COc1ccc(-c2c(-c3ccccc3)oc3ncnc(CC[C@@H]4CCCN4CCCC(=O)O)c23)cc1. The maximum absolute atomic E-state index is 10.9. The first-order valence-electron chi connectivity index (χ1n) is 12.6. The van der Waals surface area contributed by atoms with Gasteiger partial charge >= 0.3 is 5.97 Å². The number of aromatic nitrogens is 2. The molecule has 0 saturated carbocycles. The predicted octanol–water partition coefficient (Wildman–Crippen LogP) is 5.83. The number of carboxylic acids is 1. The highest BCUT2D eigenvalue weighted by Crippen LogP contribution is 2.42. The third-order valence-electron chi connectivity index (χ3n) is 7.03. The molecule has 0 bridgehead atoms. The number of carboxylic acid groups (broad SMARTS) is 1. The van der Waals surface area contributed by atoms with Crippen molar-refractivity contribution in [3.05, 3.63) is 66.6 Å². The van der Waals surface area contributed by atoms with Gasteiger partial charge in [-0.1, -0.05) is 42.5 Å². The van der Waals surface area contributed by atoms with Crippen LogP contribution in [-0.4, -0.2) is 52.2 Å². The number of benzene rings is 2. The number of nitrogens with zero attached hydrogens (tertiary/aromatic N) is 3. The van der Waals surface area contributed by atoms with Crippen molar-refractivity contribution in [2.75, 3.05) is 20.2 Å². The normalized spacial score (nSPS) is 16.0. The fraction of sp³-hybridized carbons (Fsp3) is 0.345. The smallest absolute Gasteiger partial charge is 0.303 e. The molecule has 0 radical (unpaired) electrons. The summed E-state index contributed by atoms with van der Waals surface area (Å²) in [4.78, 5) is 22.6. The summed E-state index contributed by atoms with van der Waals surface area (Å²) < 4.78 is 11.7. The number of methoxy groups -OCH3 is 1. The number of aryl methyl sites for hydroxylation is 1. The summed E-state index contributed by atoms with van der Waals surface area (Å²) in [5, 5.41) is 9.95. The number of furan rings is 1. The van der Waals surface area contributed by atoms with Gasteiger partial charge in [-0.05, 0) is 62.9 Å². The van der Waals surface area contributed by atoms with Crippen LogP contribution in [0.15, 0.2) is 65.3 Å². The second-order valence-electron chi connectivity index (χ2n) is 9.27. The van der Waals surface area contributed by atoms with E-state index in [1.807, 2.05) is 54.6 Å². The highest BCUT2D eigenvalue weighted by molar-refractivity contribution is 6.01. The minimum atomic E-state index is -0.727. The molecule has 5 rings (SSSR count). The standard InChI is InChI=1S/C29H31N3O4/c1-35-23-14-11-20(12-15-23)26-27-24(16-13-22-9-5-17-32(22)18-6-10-25(33)34)30-19-31-29(27)36-28(26)21-7-3-2-4-8-21/h2-4,7-8,11-12,14-15,19,22H,5-6,9-10,13,16-18H2,1H3,(H,33,34)/t22-/m0/s1. The first-order valence-corrected chi connectivity index (χ1v) is 12.6. The molecule has 1 aliphatic rings. The number of hydrogen-bond acceptors (Lipinski definition) is 6.